The van der Waals surface area contributed by atoms with Gasteiger partial charge in [-0.1, -0.05) is 12.1 Å². The van der Waals surface area contributed by atoms with Gasteiger partial charge in [0.15, 0.2) is 0 Å². The first-order chi connectivity index (χ1) is 11.5. The molecule has 0 saturated heterocycles. The third kappa shape index (κ3) is 3.93. The minimum Gasteiger partial charge on any atom is -0.383 e. The van der Waals surface area contributed by atoms with E-state index in [0.717, 1.165) is 20.9 Å². The number of benzene rings is 1. The zero-order chi connectivity index (χ0) is 17.2. The van der Waals surface area contributed by atoms with Crippen molar-refractivity contribution in [3.05, 3.63) is 74.1 Å². The topological polar surface area (TPSA) is 66.4 Å². The maximum absolute atomic E-state index is 12.3. The summed E-state index contributed by atoms with van der Waals surface area (Å²) in [5.74, 6) is 0. The Hall–Kier alpha value is -1.51. The van der Waals surface area contributed by atoms with Crippen molar-refractivity contribution in [2.75, 3.05) is 0 Å². The summed E-state index contributed by atoms with van der Waals surface area (Å²) in [5.41, 5.74) is 1.75. The average Bonchev–Trinajstić information content (AvgIpc) is 3.24. The van der Waals surface area contributed by atoms with E-state index in [4.69, 9.17) is 0 Å². The molecule has 1 atom stereocenters. The quantitative estimate of drug-likeness (QED) is 0.687. The Morgan fingerprint density at radius 1 is 1.21 bits per heavy atom. The van der Waals surface area contributed by atoms with E-state index in [9.17, 15) is 13.5 Å². The van der Waals surface area contributed by atoms with Crippen LogP contribution in [0.3, 0.4) is 0 Å². The highest BCUT2D eigenvalue weighted by Gasteiger charge is 2.16. The molecule has 1 aromatic carbocycles. The molecule has 0 saturated carbocycles. The van der Waals surface area contributed by atoms with Crippen molar-refractivity contribution in [2.45, 2.75) is 24.5 Å². The van der Waals surface area contributed by atoms with Crippen LogP contribution in [-0.4, -0.2) is 13.5 Å². The summed E-state index contributed by atoms with van der Waals surface area (Å²) in [6, 6.07) is 12.4. The number of hydrogen-bond acceptors (Lipinski definition) is 5. The van der Waals surface area contributed by atoms with Gasteiger partial charge in [0.25, 0.3) is 0 Å². The van der Waals surface area contributed by atoms with Crippen molar-refractivity contribution < 1.29 is 13.5 Å². The number of aliphatic hydroxyl groups is 1. The van der Waals surface area contributed by atoms with E-state index in [0.29, 0.717) is 0 Å². The molecule has 24 heavy (non-hydrogen) atoms. The van der Waals surface area contributed by atoms with Crippen molar-refractivity contribution in [3.8, 4) is 0 Å². The largest absolute Gasteiger partial charge is 0.383 e. The van der Waals surface area contributed by atoms with E-state index in [1.807, 2.05) is 41.9 Å². The predicted molar refractivity (Wildman–Crippen MR) is 97.9 cm³/mol. The highest BCUT2D eigenvalue weighted by molar-refractivity contribution is 7.89. The second-order valence-corrected chi connectivity index (χ2v) is 9.15. The SMILES string of the molecule is Cc1cccc(S(=O)(=O)NCc2ccc(C(O)c3ccsc3)s2)c1. The molecule has 0 radical (unpaired) electrons. The van der Waals surface area contributed by atoms with Crippen LogP contribution < -0.4 is 4.72 Å². The fourth-order valence-electron chi connectivity index (χ4n) is 2.26. The summed E-state index contributed by atoms with van der Waals surface area (Å²) in [6.07, 6.45) is -0.664. The maximum Gasteiger partial charge on any atom is 0.240 e. The van der Waals surface area contributed by atoms with Gasteiger partial charge in [0.2, 0.25) is 10.0 Å². The minimum absolute atomic E-state index is 0.206. The lowest BCUT2D eigenvalue weighted by Crippen LogP contribution is -2.22. The molecule has 7 heteroatoms. The highest BCUT2D eigenvalue weighted by Crippen LogP contribution is 2.29. The molecule has 4 nitrogen and oxygen atoms in total. The van der Waals surface area contributed by atoms with Gasteiger partial charge in [-0.15, -0.1) is 11.3 Å². The van der Waals surface area contributed by atoms with Gasteiger partial charge in [-0.25, -0.2) is 13.1 Å². The van der Waals surface area contributed by atoms with Gasteiger partial charge < -0.3 is 5.11 Å². The summed E-state index contributed by atoms with van der Waals surface area (Å²) in [6.45, 7) is 2.06. The summed E-state index contributed by atoms with van der Waals surface area (Å²) in [7, 11) is -3.54. The number of aryl methyl sites for hydroxylation is 1. The third-order valence-electron chi connectivity index (χ3n) is 3.55. The smallest absolute Gasteiger partial charge is 0.240 e. The van der Waals surface area contributed by atoms with Crippen molar-refractivity contribution in [1.82, 2.24) is 4.72 Å². The van der Waals surface area contributed by atoms with Gasteiger partial charge in [0, 0.05) is 16.3 Å². The van der Waals surface area contributed by atoms with Crippen LogP contribution in [0.1, 0.15) is 27.0 Å². The van der Waals surface area contributed by atoms with Crippen LogP contribution in [0, 0.1) is 6.92 Å². The molecule has 2 N–H and O–H groups in total. The Morgan fingerprint density at radius 2 is 2.04 bits per heavy atom. The first-order valence-corrected chi connectivity index (χ1v) is 10.5. The van der Waals surface area contributed by atoms with Crippen molar-refractivity contribution in [3.63, 3.8) is 0 Å². The van der Waals surface area contributed by atoms with Crippen molar-refractivity contribution in [1.29, 1.82) is 0 Å². The van der Waals surface area contributed by atoms with Gasteiger partial charge in [-0.2, -0.15) is 11.3 Å². The molecule has 0 amide bonds. The molecule has 1 unspecified atom stereocenters. The second kappa shape index (κ2) is 7.16. The van der Waals surface area contributed by atoms with Crippen LogP contribution in [0.5, 0.6) is 0 Å². The van der Waals surface area contributed by atoms with Gasteiger partial charge in [0.1, 0.15) is 6.10 Å². The number of nitrogens with one attached hydrogen (secondary N) is 1. The molecule has 3 rings (SSSR count). The summed E-state index contributed by atoms with van der Waals surface area (Å²) < 4.78 is 27.3. The molecule has 0 spiro atoms. The van der Waals surface area contributed by atoms with E-state index in [2.05, 4.69) is 4.72 Å². The molecule has 2 aromatic heterocycles. The zero-order valence-corrected chi connectivity index (χ0v) is 15.4. The number of thiophene rings is 2. The lowest BCUT2D eigenvalue weighted by atomic mass is 10.2. The predicted octanol–water partition coefficient (Wildman–Crippen LogP) is 3.68. The van der Waals surface area contributed by atoms with Gasteiger partial charge in [0.05, 0.1) is 4.90 Å². The van der Waals surface area contributed by atoms with E-state index in [1.165, 1.54) is 22.7 Å². The third-order valence-corrected chi connectivity index (χ3v) is 6.79. The summed E-state index contributed by atoms with van der Waals surface area (Å²) in [4.78, 5) is 1.92. The second-order valence-electron chi connectivity index (χ2n) is 5.40. The fraction of sp³-hybridized carbons (Fsp3) is 0.176. The normalized spacial score (nSPS) is 13.1. The van der Waals surface area contributed by atoms with Gasteiger partial charge in [-0.3, -0.25) is 0 Å². The van der Waals surface area contributed by atoms with Crippen LogP contribution in [0.4, 0.5) is 0 Å². The molecule has 2 heterocycles. The number of aliphatic hydroxyl groups excluding tert-OH is 1. The molecular formula is C17H17NO3S3. The monoisotopic (exact) mass is 379 g/mol. The molecule has 0 aliphatic carbocycles. The zero-order valence-electron chi connectivity index (χ0n) is 13.0. The molecule has 0 aliphatic rings. The molecule has 0 bridgehead atoms. The fourth-order valence-corrected chi connectivity index (χ4v) is 5.11. The first-order valence-electron chi connectivity index (χ1n) is 7.31. The molecule has 126 valence electrons. The summed E-state index contributed by atoms with van der Waals surface area (Å²) >= 11 is 2.94. The minimum atomic E-state index is -3.54. The number of sulfonamides is 1. The van der Waals surface area contributed by atoms with Crippen LogP contribution in [-0.2, 0) is 16.6 Å². The molecule has 3 aromatic rings. The Morgan fingerprint density at radius 3 is 2.75 bits per heavy atom. The molecular weight excluding hydrogens is 362 g/mol. The van der Waals surface area contributed by atoms with Crippen molar-refractivity contribution in [2.24, 2.45) is 0 Å². The van der Waals surface area contributed by atoms with E-state index < -0.39 is 16.1 Å². The Labute approximate surface area is 149 Å². The first kappa shape index (κ1) is 17.3. The lowest BCUT2D eigenvalue weighted by Gasteiger charge is -2.07. The van der Waals surface area contributed by atoms with Crippen LogP contribution in [0.25, 0.3) is 0 Å². The van der Waals surface area contributed by atoms with Crippen molar-refractivity contribution >= 4 is 32.7 Å². The van der Waals surface area contributed by atoms with Gasteiger partial charge in [-0.05, 0) is 59.1 Å². The molecule has 0 fully saturated rings. The molecule has 0 aliphatic heterocycles. The standard InChI is InChI=1S/C17H17NO3S3/c1-12-3-2-4-15(9-12)24(20,21)18-10-14-5-6-16(23-14)17(19)13-7-8-22-11-13/h2-9,11,17-19H,10H2,1H3. The van der Waals surface area contributed by atoms with Crippen LogP contribution in [0.15, 0.2) is 58.1 Å². The summed E-state index contributed by atoms with van der Waals surface area (Å²) in [5, 5.41) is 14.1. The van der Waals surface area contributed by atoms with E-state index in [1.54, 1.807) is 18.2 Å². The highest BCUT2D eigenvalue weighted by atomic mass is 32.2. The van der Waals surface area contributed by atoms with Crippen LogP contribution in [0.2, 0.25) is 0 Å². The lowest BCUT2D eigenvalue weighted by molar-refractivity contribution is 0.224. The Bertz CT molecular complexity index is 914. The number of rotatable bonds is 6. The Kier molecular flexibility index (Phi) is 5.17. The van der Waals surface area contributed by atoms with Crippen LogP contribution >= 0.6 is 22.7 Å². The maximum atomic E-state index is 12.3. The number of hydrogen-bond donors (Lipinski definition) is 2. The van der Waals surface area contributed by atoms with E-state index in [-0.39, 0.29) is 11.4 Å². The average molecular weight is 380 g/mol. The Balaban J connectivity index is 1.69. The van der Waals surface area contributed by atoms with Gasteiger partial charge >= 0.3 is 0 Å². The van der Waals surface area contributed by atoms with E-state index >= 15 is 0 Å².